The van der Waals surface area contributed by atoms with Crippen LogP contribution in [0.2, 0.25) is 0 Å². The minimum atomic E-state index is 0.0285. The van der Waals surface area contributed by atoms with Crippen molar-refractivity contribution in [3.63, 3.8) is 0 Å². The minimum Gasteiger partial charge on any atom is -0.352 e. The summed E-state index contributed by atoms with van der Waals surface area (Å²) in [6, 6.07) is 17.2. The fourth-order valence-electron chi connectivity index (χ4n) is 4.04. The van der Waals surface area contributed by atoms with E-state index in [-0.39, 0.29) is 12.1 Å². The first kappa shape index (κ1) is 19.6. The lowest BCUT2D eigenvalue weighted by atomic mass is 10.0. The molecule has 0 amide bonds. The topological polar surface area (TPSA) is 33.1 Å². The summed E-state index contributed by atoms with van der Waals surface area (Å²) in [5, 5.41) is 4.36. The molecule has 4 rings (SSSR count). The third kappa shape index (κ3) is 3.79. The molecule has 2 aromatic heterocycles. The normalized spacial score (nSPS) is 18.9. The Morgan fingerprint density at radius 2 is 1.93 bits per heavy atom. The van der Waals surface area contributed by atoms with Crippen LogP contribution in [0.15, 0.2) is 60.9 Å². The fraction of sp³-hybridized carbons (Fsp3) is 0.333. The number of unbranched alkanes of at least 4 members (excludes halogenated alkanes) is 1. The summed E-state index contributed by atoms with van der Waals surface area (Å²) in [4.78, 5) is 6.98. The van der Waals surface area contributed by atoms with Gasteiger partial charge in [-0.3, -0.25) is 4.98 Å². The molecule has 0 saturated carbocycles. The number of hydrogen-bond donors (Lipinski definition) is 1. The van der Waals surface area contributed by atoms with E-state index in [0.29, 0.717) is 0 Å². The van der Waals surface area contributed by atoms with Crippen molar-refractivity contribution in [2.75, 3.05) is 6.54 Å². The molecule has 1 aromatic carbocycles. The highest BCUT2D eigenvalue weighted by Gasteiger charge is 2.40. The third-order valence-corrected chi connectivity index (χ3v) is 6.15. The van der Waals surface area contributed by atoms with Crippen LogP contribution in [0.4, 0.5) is 0 Å². The van der Waals surface area contributed by atoms with Gasteiger partial charge in [0.1, 0.15) is 0 Å². The van der Waals surface area contributed by atoms with Crippen LogP contribution in [0.5, 0.6) is 0 Å². The third-order valence-electron chi connectivity index (χ3n) is 5.80. The number of rotatable bonds is 6. The molecule has 0 radical (unpaired) electrons. The molecule has 1 N–H and O–H groups in total. The van der Waals surface area contributed by atoms with Crippen molar-refractivity contribution in [1.29, 1.82) is 0 Å². The molecule has 0 aliphatic carbocycles. The summed E-state index contributed by atoms with van der Waals surface area (Å²) in [5.74, 6) is 0. The van der Waals surface area contributed by atoms with E-state index in [1.54, 1.807) is 0 Å². The van der Waals surface area contributed by atoms with Gasteiger partial charge in [-0.05, 0) is 80.0 Å². The number of pyridine rings is 1. The Morgan fingerprint density at radius 3 is 2.66 bits per heavy atom. The van der Waals surface area contributed by atoms with E-state index in [0.717, 1.165) is 30.2 Å². The van der Waals surface area contributed by atoms with Crippen LogP contribution in [-0.2, 0) is 0 Å². The predicted octanol–water partition coefficient (Wildman–Crippen LogP) is 5.26. The van der Waals surface area contributed by atoms with Gasteiger partial charge in [-0.1, -0.05) is 25.5 Å². The van der Waals surface area contributed by atoms with E-state index in [9.17, 15) is 0 Å². The van der Waals surface area contributed by atoms with Crippen LogP contribution < -0.4 is 5.32 Å². The van der Waals surface area contributed by atoms with Crippen LogP contribution >= 0.6 is 12.2 Å². The fourth-order valence-corrected chi connectivity index (χ4v) is 4.37. The van der Waals surface area contributed by atoms with Gasteiger partial charge in [0.2, 0.25) is 0 Å². The van der Waals surface area contributed by atoms with Gasteiger partial charge in [-0.25, -0.2) is 0 Å². The van der Waals surface area contributed by atoms with E-state index < -0.39 is 0 Å². The Morgan fingerprint density at radius 1 is 1.07 bits per heavy atom. The summed E-state index contributed by atoms with van der Waals surface area (Å²) in [5.41, 5.74) is 6.04. The second-order valence-corrected chi connectivity index (χ2v) is 8.13. The maximum Gasteiger partial charge on any atom is 0.170 e. The number of nitrogens with one attached hydrogen (secondary N) is 1. The molecular formula is C24H28N4S. The molecule has 1 saturated heterocycles. The molecule has 3 heterocycles. The molecule has 5 heteroatoms. The maximum absolute atomic E-state index is 5.76. The van der Waals surface area contributed by atoms with E-state index >= 15 is 0 Å². The number of thiocarbonyl (C=S) groups is 1. The average Bonchev–Trinajstić information content (AvgIpc) is 3.33. The molecule has 2 atom stereocenters. The van der Waals surface area contributed by atoms with Crippen LogP contribution in [0, 0.1) is 13.8 Å². The largest absolute Gasteiger partial charge is 0.352 e. The van der Waals surface area contributed by atoms with E-state index in [2.05, 4.69) is 83.1 Å². The van der Waals surface area contributed by atoms with Crippen molar-refractivity contribution < 1.29 is 0 Å². The monoisotopic (exact) mass is 404 g/mol. The van der Waals surface area contributed by atoms with E-state index in [1.165, 1.54) is 22.5 Å². The maximum atomic E-state index is 5.76. The summed E-state index contributed by atoms with van der Waals surface area (Å²) in [7, 11) is 0. The molecule has 3 aromatic rings. The molecule has 150 valence electrons. The highest BCUT2D eigenvalue weighted by atomic mass is 32.1. The number of benzene rings is 1. The van der Waals surface area contributed by atoms with Crippen molar-refractivity contribution in [2.45, 2.75) is 45.7 Å². The van der Waals surface area contributed by atoms with Crippen LogP contribution in [0.3, 0.4) is 0 Å². The quantitative estimate of drug-likeness (QED) is 0.568. The van der Waals surface area contributed by atoms with Gasteiger partial charge in [0.05, 0.1) is 17.8 Å². The average molecular weight is 405 g/mol. The minimum absolute atomic E-state index is 0.0285. The van der Waals surface area contributed by atoms with Crippen LogP contribution in [0.1, 0.15) is 54.4 Å². The Labute approximate surface area is 178 Å². The van der Waals surface area contributed by atoms with Gasteiger partial charge in [-0.2, -0.15) is 0 Å². The molecule has 4 nitrogen and oxygen atoms in total. The molecule has 1 aliphatic heterocycles. The van der Waals surface area contributed by atoms with Crippen LogP contribution in [-0.4, -0.2) is 26.1 Å². The lowest BCUT2D eigenvalue weighted by Gasteiger charge is -2.29. The zero-order valence-electron chi connectivity index (χ0n) is 17.3. The zero-order chi connectivity index (χ0) is 20.4. The molecule has 29 heavy (non-hydrogen) atoms. The lowest BCUT2D eigenvalue weighted by Crippen LogP contribution is -2.31. The Bertz CT molecular complexity index is 995. The Hall–Kier alpha value is -2.66. The SMILES string of the molecule is CCCCN1C(=S)NC(c2ccccn2)C1c1cccn1-c1ccc(C)c(C)c1. The van der Waals surface area contributed by atoms with Crippen LogP contribution in [0.25, 0.3) is 5.69 Å². The van der Waals surface area contributed by atoms with Gasteiger partial charge in [0, 0.05) is 30.3 Å². The second kappa shape index (κ2) is 8.37. The predicted molar refractivity (Wildman–Crippen MR) is 122 cm³/mol. The zero-order valence-corrected chi connectivity index (χ0v) is 18.1. The summed E-state index contributed by atoms with van der Waals surface area (Å²) in [6.45, 7) is 7.47. The van der Waals surface area contributed by atoms with E-state index in [4.69, 9.17) is 12.2 Å². The van der Waals surface area contributed by atoms with Crippen molar-refractivity contribution in [3.05, 3.63) is 83.4 Å². The highest BCUT2D eigenvalue weighted by molar-refractivity contribution is 7.80. The first-order valence-electron chi connectivity index (χ1n) is 10.3. The smallest absolute Gasteiger partial charge is 0.170 e. The molecule has 0 bridgehead atoms. The van der Waals surface area contributed by atoms with Gasteiger partial charge in [-0.15, -0.1) is 0 Å². The van der Waals surface area contributed by atoms with Crippen molar-refractivity contribution >= 4 is 17.3 Å². The second-order valence-electron chi connectivity index (χ2n) is 7.75. The first-order valence-corrected chi connectivity index (χ1v) is 10.7. The molecule has 2 unspecified atom stereocenters. The Kier molecular flexibility index (Phi) is 5.67. The Balaban J connectivity index is 1.79. The van der Waals surface area contributed by atoms with Gasteiger partial charge < -0.3 is 14.8 Å². The van der Waals surface area contributed by atoms with E-state index in [1.807, 2.05) is 18.3 Å². The molecule has 1 aliphatic rings. The molecule has 1 fully saturated rings. The van der Waals surface area contributed by atoms with Crippen molar-refractivity contribution in [3.8, 4) is 5.69 Å². The van der Waals surface area contributed by atoms with Crippen molar-refractivity contribution in [1.82, 2.24) is 19.8 Å². The standard InChI is InChI=1S/C24H28N4S/c1-4-5-14-28-23(22(26-24(28)29)20-9-6-7-13-25-20)21-10-8-15-27(21)19-12-11-17(2)18(3)16-19/h6-13,15-16,22-23H,4-5,14H2,1-3H3,(H,26,29). The summed E-state index contributed by atoms with van der Waals surface area (Å²) < 4.78 is 2.29. The van der Waals surface area contributed by atoms with Gasteiger partial charge in [0.25, 0.3) is 0 Å². The van der Waals surface area contributed by atoms with Gasteiger partial charge in [0.15, 0.2) is 5.11 Å². The highest BCUT2D eigenvalue weighted by Crippen LogP contribution is 2.39. The number of nitrogens with zero attached hydrogens (tertiary/aromatic N) is 3. The molecule has 0 spiro atoms. The molecular weight excluding hydrogens is 376 g/mol. The number of aromatic nitrogens is 2. The number of hydrogen-bond acceptors (Lipinski definition) is 2. The van der Waals surface area contributed by atoms with Gasteiger partial charge >= 0.3 is 0 Å². The summed E-state index contributed by atoms with van der Waals surface area (Å²) >= 11 is 5.76. The lowest BCUT2D eigenvalue weighted by molar-refractivity contribution is 0.304. The summed E-state index contributed by atoms with van der Waals surface area (Å²) in [6.07, 6.45) is 6.25. The number of aryl methyl sites for hydroxylation is 2. The first-order chi connectivity index (χ1) is 14.1. The van der Waals surface area contributed by atoms with Crippen molar-refractivity contribution in [2.24, 2.45) is 0 Å².